The predicted molar refractivity (Wildman–Crippen MR) is 88.2 cm³/mol. The van der Waals surface area contributed by atoms with Gasteiger partial charge in [-0.2, -0.15) is 11.8 Å². The fraction of sp³-hybridized carbons (Fsp3) is 1.00. The van der Waals surface area contributed by atoms with Crippen LogP contribution < -0.4 is 5.32 Å². The second-order valence-electron chi connectivity index (χ2n) is 8.79. The van der Waals surface area contributed by atoms with Gasteiger partial charge in [-0.05, 0) is 86.0 Å². The first-order valence-corrected chi connectivity index (χ1v) is 10.1. The second-order valence-corrected chi connectivity index (χ2v) is 10.0. The largest absolute Gasteiger partial charge is 0.308 e. The van der Waals surface area contributed by atoms with Crippen molar-refractivity contribution in [3.8, 4) is 0 Å². The molecule has 4 aliphatic carbocycles. The Balaban J connectivity index is 1.55. The summed E-state index contributed by atoms with van der Waals surface area (Å²) in [6, 6.07) is 0.830. The van der Waals surface area contributed by atoms with Crippen LogP contribution in [0.2, 0.25) is 0 Å². The third-order valence-electron chi connectivity index (χ3n) is 7.06. The topological polar surface area (TPSA) is 12.0 Å². The Bertz CT molecular complexity index is 358. The summed E-state index contributed by atoms with van der Waals surface area (Å²) in [5.41, 5.74) is 1.24. The van der Waals surface area contributed by atoms with Crippen molar-refractivity contribution in [2.75, 3.05) is 11.5 Å². The van der Waals surface area contributed by atoms with E-state index in [1.54, 1.807) is 19.3 Å². The molecular formula is C18H31NS. The van der Waals surface area contributed by atoms with Crippen LogP contribution in [0.4, 0.5) is 0 Å². The van der Waals surface area contributed by atoms with Crippen molar-refractivity contribution in [2.24, 2.45) is 23.2 Å². The third kappa shape index (κ3) is 2.26. The standard InChI is InChI=1S/C18H31NS/c1-13(2)17-8-14-7-15(9-17)11-18(10-14,12-17)19-16-3-5-20-6-4-16/h13-16,19H,3-12H2,1-2H3/t14-,15-,17?,18?/m1/s1. The normalized spacial score (nSPS) is 48.1. The molecule has 0 spiro atoms. The summed E-state index contributed by atoms with van der Waals surface area (Å²) in [7, 11) is 0. The van der Waals surface area contributed by atoms with Gasteiger partial charge in [0.15, 0.2) is 0 Å². The van der Waals surface area contributed by atoms with Crippen LogP contribution in [0, 0.1) is 23.2 Å². The molecule has 0 unspecified atom stereocenters. The maximum Gasteiger partial charge on any atom is 0.0194 e. The van der Waals surface area contributed by atoms with Gasteiger partial charge in [0.05, 0.1) is 0 Å². The minimum absolute atomic E-state index is 0.543. The van der Waals surface area contributed by atoms with Gasteiger partial charge in [-0.25, -0.2) is 0 Å². The summed E-state index contributed by atoms with van der Waals surface area (Å²) in [5.74, 6) is 5.75. The zero-order chi connectivity index (χ0) is 13.8. The van der Waals surface area contributed by atoms with E-state index in [0.717, 1.165) is 23.8 Å². The Labute approximate surface area is 129 Å². The Kier molecular flexibility index (Phi) is 3.42. The van der Waals surface area contributed by atoms with Crippen LogP contribution in [0.5, 0.6) is 0 Å². The summed E-state index contributed by atoms with van der Waals surface area (Å²) >= 11 is 2.16. The van der Waals surface area contributed by atoms with E-state index in [9.17, 15) is 0 Å². The highest BCUT2D eigenvalue weighted by atomic mass is 32.2. The van der Waals surface area contributed by atoms with Crippen LogP contribution in [-0.4, -0.2) is 23.1 Å². The molecule has 5 rings (SSSR count). The summed E-state index contributed by atoms with van der Waals surface area (Å²) in [5, 5.41) is 4.23. The molecule has 1 N–H and O–H groups in total. The van der Waals surface area contributed by atoms with Gasteiger partial charge in [-0.1, -0.05) is 13.8 Å². The highest BCUT2D eigenvalue weighted by molar-refractivity contribution is 7.99. The van der Waals surface area contributed by atoms with Crippen molar-refractivity contribution < 1.29 is 0 Å². The van der Waals surface area contributed by atoms with Gasteiger partial charge in [0, 0.05) is 11.6 Å². The van der Waals surface area contributed by atoms with Gasteiger partial charge >= 0.3 is 0 Å². The maximum atomic E-state index is 4.23. The van der Waals surface area contributed by atoms with Gasteiger partial charge in [-0.3, -0.25) is 0 Å². The second kappa shape index (κ2) is 4.91. The molecule has 114 valence electrons. The van der Waals surface area contributed by atoms with Gasteiger partial charge in [0.25, 0.3) is 0 Å². The van der Waals surface area contributed by atoms with E-state index >= 15 is 0 Å². The van der Waals surface area contributed by atoms with E-state index in [1.165, 1.54) is 43.6 Å². The zero-order valence-corrected chi connectivity index (χ0v) is 14.1. The monoisotopic (exact) mass is 293 g/mol. The Hall–Kier alpha value is 0.310. The van der Waals surface area contributed by atoms with Crippen molar-refractivity contribution in [1.82, 2.24) is 5.32 Å². The number of hydrogen-bond acceptors (Lipinski definition) is 2. The van der Waals surface area contributed by atoms with Crippen LogP contribution in [-0.2, 0) is 0 Å². The molecule has 1 heterocycles. The van der Waals surface area contributed by atoms with Gasteiger partial charge < -0.3 is 5.32 Å². The summed E-state index contributed by atoms with van der Waals surface area (Å²) in [6.07, 6.45) is 12.0. The molecule has 2 atom stereocenters. The smallest absolute Gasteiger partial charge is 0.0194 e. The molecule has 2 heteroatoms. The third-order valence-corrected chi connectivity index (χ3v) is 8.11. The summed E-state index contributed by atoms with van der Waals surface area (Å²) in [4.78, 5) is 0. The van der Waals surface area contributed by atoms with Crippen molar-refractivity contribution in [3.63, 3.8) is 0 Å². The van der Waals surface area contributed by atoms with E-state index in [1.807, 2.05) is 0 Å². The molecule has 20 heavy (non-hydrogen) atoms. The average molecular weight is 294 g/mol. The molecule has 4 bridgehead atoms. The Morgan fingerprint density at radius 3 is 2.25 bits per heavy atom. The fourth-order valence-electron chi connectivity index (χ4n) is 6.45. The molecule has 0 amide bonds. The lowest BCUT2D eigenvalue weighted by Crippen LogP contribution is -2.65. The number of nitrogens with one attached hydrogen (secondary N) is 1. The first kappa shape index (κ1) is 13.9. The predicted octanol–water partition coefficient (Wildman–Crippen LogP) is 4.47. The molecule has 1 aliphatic heterocycles. The average Bonchev–Trinajstić information content (AvgIpc) is 2.37. The van der Waals surface area contributed by atoms with E-state index in [0.29, 0.717) is 11.0 Å². The van der Waals surface area contributed by atoms with Crippen molar-refractivity contribution in [2.45, 2.75) is 76.8 Å². The van der Waals surface area contributed by atoms with Crippen molar-refractivity contribution >= 4 is 11.8 Å². The fourth-order valence-corrected chi connectivity index (χ4v) is 7.56. The highest BCUT2D eigenvalue weighted by Gasteiger charge is 2.58. The summed E-state index contributed by atoms with van der Waals surface area (Å²) in [6.45, 7) is 5.00. The highest BCUT2D eigenvalue weighted by Crippen LogP contribution is 2.64. The van der Waals surface area contributed by atoms with Crippen LogP contribution in [0.15, 0.2) is 0 Å². The molecule has 0 aromatic rings. The molecule has 4 saturated carbocycles. The molecule has 1 saturated heterocycles. The molecule has 5 aliphatic rings. The van der Waals surface area contributed by atoms with Gasteiger partial charge in [-0.15, -0.1) is 0 Å². The quantitative estimate of drug-likeness (QED) is 0.824. The molecular weight excluding hydrogens is 262 g/mol. The minimum Gasteiger partial charge on any atom is -0.308 e. The summed E-state index contributed by atoms with van der Waals surface area (Å²) < 4.78 is 0. The van der Waals surface area contributed by atoms with E-state index in [-0.39, 0.29) is 0 Å². The lowest BCUT2D eigenvalue weighted by atomic mass is 9.44. The van der Waals surface area contributed by atoms with E-state index in [2.05, 4.69) is 30.9 Å². The number of rotatable bonds is 3. The van der Waals surface area contributed by atoms with Gasteiger partial charge in [0.1, 0.15) is 0 Å². The maximum absolute atomic E-state index is 4.23. The van der Waals surface area contributed by atoms with Crippen LogP contribution >= 0.6 is 11.8 Å². The molecule has 1 nitrogen and oxygen atoms in total. The SMILES string of the molecule is CC(C)C12C[C@H]3C[C@@H](CC(NC4CCSCC4)(C3)C1)C2. The first-order valence-electron chi connectivity index (χ1n) is 8.95. The molecule has 5 fully saturated rings. The lowest BCUT2D eigenvalue weighted by molar-refractivity contribution is -0.108. The Morgan fingerprint density at radius 1 is 1.00 bits per heavy atom. The van der Waals surface area contributed by atoms with E-state index in [4.69, 9.17) is 0 Å². The Morgan fingerprint density at radius 2 is 1.65 bits per heavy atom. The number of hydrogen-bond donors (Lipinski definition) is 1. The zero-order valence-electron chi connectivity index (χ0n) is 13.3. The molecule has 0 aromatic heterocycles. The minimum atomic E-state index is 0.543. The molecule has 0 radical (unpaired) electrons. The van der Waals surface area contributed by atoms with Crippen LogP contribution in [0.25, 0.3) is 0 Å². The van der Waals surface area contributed by atoms with Crippen LogP contribution in [0.1, 0.15) is 65.2 Å². The lowest BCUT2D eigenvalue weighted by Gasteiger charge is -2.64. The number of thioether (sulfide) groups is 1. The van der Waals surface area contributed by atoms with Crippen molar-refractivity contribution in [3.05, 3.63) is 0 Å². The first-order chi connectivity index (χ1) is 9.59. The molecule has 0 aromatic carbocycles. The van der Waals surface area contributed by atoms with Crippen molar-refractivity contribution in [1.29, 1.82) is 0 Å². The van der Waals surface area contributed by atoms with E-state index < -0.39 is 0 Å². The van der Waals surface area contributed by atoms with Gasteiger partial charge in [0.2, 0.25) is 0 Å². The van der Waals surface area contributed by atoms with Crippen LogP contribution in [0.3, 0.4) is 0 Å².